The Labute approximate surface area is 157 Å². The quantitative estimate of drug-likeness (QED) is 0.763. The van der Waals surface area contributed by atoms with E-state index in [0.717, 1.165) is 12.0 Å². The molecule has 7 nitrogen and oxygen atoms in total. The van der Waals surface area contributed by atoms with E-state index in [4.69, 9.17) is 27.8 Å². The van der Waals surface area contributed by atoms with Crippen LogP contribution in [0, 0.1) is 5.92 Å². The summed E-state index contributed by atoms with van der Waals surface area (Å²) in [6, 6.07) is 6.80. The van der Waals surface area contributed by atoms with Gasteiger partial charge in [0.05, 0.1) is 10.7 Å². The molecule has 0 aliphatic carbocycles. The van der Waals surface area contributed by atoms with Crippen LogP contribution in [0.3, 0.4) is 0 Å². The Morgan fingerprint density at radius 2 is 2.08 bits per heavy atom. The number of halogens is 1. The van der Waals surface area contributed by atoms with E-state index in [1.807, 2.05) is 6.92 Å². The molecule has 1 aromatic heterocycles. The molecule has 1 atom stereocenters. The van der Waals surface area contributed by atoms with Crippen LogP contribution in [0.15, 0.2) is 30.5 Å². The van der Waals surface area contributed by atoms with E-state index in [-0.39, 0.29) is 6.01 Å². The number of benzene rings is 1. The summed E-state index contributed by atoms with van der Waals surface area (Å²) in [5.74, 6) is 1.01. The molecule has 0 fully saturated rings. The Morgan fingerprint density at radius 3 is 2.69 bits per heavy atom. The lowest BCUT2D eigenvalue weighted by atomic mass is 9.93. The number of carbonyl (C=O) groups is 1. The lowest BCUT2D eigenvalue weighted by molar-refractivity contribution is 0.206. The SMILES string of the molecule is CC(C)CC(C)(N)COc1ccc(-c2ccnc(OC(N)=O)n2)cc1Cl. The molecule has 1 aromatic carbocycles. The third-order valence-electron chi connectivity index (χ3n) is 3.48. The highest BCUT2D eigenvalue weighted by Crippen LogP contribution is 2.30. The summed E-state index contributed by atoms with van der Waals surface area (Å²) in [7, 11) is 0. The van der Waals surface area contributed by atoms with Crippen LogP contribution >= 0.6 is 11.6 Å². The fraction of sp³-hybridized carbons (Fsp3) is 0.389. The fourth-order valence-electron chi connectivity index (χ4n) is 2.65. The summed E-state index contributed by atoms with van der Waals surface area (Å²) in [4.78, 5) is 18.7. The second-order valence-corrected chi connectivity index (χ2v) is 7.24. The molecule has 2 aromatic rings. The molecular weight excluding hydrogens is 356 g/mol. The molecule has 0 saturated heterocycles. The Hall–Kier alpha value is -2.38. The second-order valence-electron chi connectivity index (χ2n) is 6.83. The number of nitrogens with two attached hydrogens (primary N) is 2. The zero-order valence-corrected chi connectivity index (χ0v) is 15.8. The average molecular weight is 379 g/mol. The number of hydrogen-bond acceptors (Lipinski definition) is 6. The van der Waals surface area contributed by atoms with Gasteiger partial charge in [-0.05, 0) is 43.5 Å². The summed E-state index contributed by atoms with van der Waals surface area (Å²) in [6.45, 7) is 6.54. The predicted molar refractivity (Wildman–Crippen MR) is 100 cm³/mol. The fourth-order valence-corrected chi connectivity index (χ4v) is 2.89. The average Bonchev–Trinajstić information content (AvgIpc) is 2.52. The van der Waals surface area contributed by atoms with Crippen molar-refractivity contribution in [3.8, 4) is 23.0 Å². The minimum Gasteiger partial charge on any atom is -0.490 e. The Bertz CT molecular complexity index is 781. The van der Waals surface area contributed by atoms with E-state index in [0.29, 0.717) is 29.0 Å². The number of carbonyl (C=O) groups excluding carboxylic acids is 1. The maximum absolute atomic E-state index is 10.8. The van der Waals surface area contributed by atoms with Gasteiger partial charge in [-0.1, -0.05) is 25.4 Å². The van der Waals surface area contributed by atoms with Crippen LogP contribution in [0.2, 0.25) is 5.02 Å². The summed E-state index contributed by atoms with van der Waals surface area (Å²) < 4.78 is 10.5. The molecular formula is C18H23ClN4O3. The first-order chi connectivity index (χ1) is 12.2. The second kappa shape index (κ2) is 8.33. The van der Waals surface area contributed by atoms with Gasteiger partial charge >= 0.3 is 12.1 Å². The summed E-state index contributed by atoms with van der Waals surface area (Å²) in [5, 5.41) is 0.429. The molecule has 8 heteroatoms. The largest absolute Gasteiger partial charge is 0.490 e. The van der Waals surface area contributed by atoms with Crippen LogP contribution < -0.4 is 20.9 Å². The van der Waals surface area contributed by atoms with Crippen LogP contribution in [0.25, 0.3) is 11.3 Å². The highest BCUT2D eigenvalue weighted by Gasteiger charge is 2.21. The summed E-state index contributed by atoms with van der Waals surface area (Å²) >= 11 is 6.32. The van der Waals surface area contributed by atoms with E-state index >= 15 is 0 Å². The van der Waals surface area contributed by atoms with Gasteiger partial charge in [0.25, 0.3) is 0 Å². The topological polar surface area (TPSA) is 113 Å². The van der Waals surface area contributed by atoms with Crippen molar-refractivity contribution in [2.24, 2.45) is 17.4 Å². The lowest BCUT2D eigenvalue weighted by Crippen LogP contribution is -2.43. The van der Waals surface area contributed by atoms with Crippen molar-refractivity contribution >= 4 is 17.7 Å². The smallest absolute Gasteiger partial charge is 0.412 e. The van der Waals surface area contributed by atoms with Crippen molar-refractivity contribution in [3.63, 3.8) is 0 Å². The predicted octanol–water partition coefficient (Wildman–Crippen LogP) is 3.40. The van der Waals surface area contributed by atoms with Crippen molar-refractivity contribution in [2.75, 3.05) is 6.61 Å². The molecule has 2 rings (SSSR count). The van der Waals surface area contributed by atoms with E-state index in [2.05, 4.69) is 28.6 Å². The van der Waals surface area contributed by atoms with Gasteiger partial charge in [0, 0.05) is 17.3 Å². The standard InChI is InChI=1S/C18H23ClN4O3/c1-11(2)9-18(3,21)10-25-15-5-4-12(8-13(15)19)14-6-7-22-17(23-14)26-16(20)24/h4-8,11H,9-10,21H2,1-3H3,(H2,20,24). The van der Waals surface area contributed by atoms with Crippen molar-refractivity contribution in [3.05, 3.63) is 35.5 Å². The van der Waals surface area contributed by atoms with Gasteiger partial charge in [0.15, 0.2) is 0 Å². The van der Waals surface area contributed by atoms with Crippen molar-refractivity contribution in [1.82, 2.24) is 9.97 Å². The lowest BCUT2D eigenvalue weighted by Gasteiger charge is -2.26. The molecule has 0 bridgehead atoms. The Balaban J connectivity index is 2.13. The van der Waals surface area contributed by atoms with Crippen molar-refractivity contribution < 1.29 is 14.3 Å². The summed E-state index contributed by atoms with van der Waals surface area (Å²) in [5.41, 5.74) is 12.0. The van der Waals surface area contributed by atoms with Crippen LogP contribution in [0.1, 0.15) is 27.2 Å². The molecule has 0 aliphatic heterocycles. The molecule has 0 saturated carbocycles. The molecule has 0 aliphatic rings. The monoisotopic (exact) mass is 378 g/mol. The molecule has 1 unspecified atom stereocenters. The first-order valence-corrected chi connectivity index (χ1v) is 8.56. The number of ether oxygens (including phenoxy) is 2. The summed E-state index contributed by atoms with van der Waals surface area (Å²) in [6.07, 6.45) is 1.33. The third kappa shape index (κ3) is 5.86. The van der Waals surface area contributed by atoms with Crippen LogP contribution in [0.5, 0.6) is 11.8 Å². The molecule has 0 spiro atoms. The first-order valence-electron chi connectivity index (χ1n) is 8.18. The zero-order valence-electron chi connectivity index (χ0n) is 15.0. The molecule has 1 amide bonds. The van der Waals surface area contributed by atoms with Gasteiger partial charge in [0.2, 0.25) is 0 Å². The minimum absolute atomic E-state index is 0.126. The van der Waals surface area contributed by atoms with Gasteiger partial charge in [-0.2, -0.15) is 4.98 Å². The minimum atomic E-state index is -0.977. The molecule has 1 heterocycles. The molecule has 26 heavy (non-hydrogen) atoms. The maximum Gasteiger partial charge on any atom is 0.412 e. The number of rotatable bonds is 7. The van der Waals surface area contributed by atoms with Gasteiger partial charge < -0.3 is 20.9 Å². The van der Waals surface area contributed by atoms with Crippen LogP contribution in [0.4, 0.5) is 4.79 Å². The number of aromatic nitrogens is 2. The number of nitrogens with zero attached hydrogens (tertiary/aromatic N) is 2. The first kappa shape index (κ1) is 19.9. The van der Waals surface area contributed by atoms with Crippen LogP contribution in [-0.4, -0.2) is 28.2 Å². The highest BCUT2D eigenvalue weighted by atomic mass is 35.5. The van der Waals surface area contributed by atoms with Crippen LogP contribution in [-0.2, 0) is 0 Å². The van der Waals surface area contributed by atoms with Gasteiger partial charge in [-0.15, -0.1) is 0 Å². The van der Waals surface area contributed by atoms with E-state index in [9.17, 15) is 4.79 Å². The van der Waals surface area contributed by atoms with Gasteiger partial charge in [-0.25, -0.2) is 9.78 Å². The number of primary amides is 1. The van der Waals surface area contributed by atoms with Crippen molar-refractivity contribution in [2.45, 2.75) is 32.7 Å². The normalized spacial score (nSPS) is 13.3. The van der Waals surface area contributed by atoms with E-state index in [1.165, 1.54) is 6.20 Å². The Morgan fingerprint density at radius 1 is 1.35 bits per heavy atom. The zero-order chi connectivity index (χ0) is 19.3. The van der Waals surface area contributed by atoms with Gasteiger partial charge in [-0.3, -0.25) is 0 Å². The number of amides is 1. The third-order valence-corrected chi connectivity index (χ3v) is 3.78. The molecule has 0 radical (unpaired) electrons. The number of hydrogen-bond donors (Lipinski definition) is 2. The maximum atomic E-state index is 10.8. The van der Waals surface area contributed by atoms with Crippen molar-refractivity contribution in [1.29, 1.82) is 0 Å². The van der Waals surface area contributed by atoms with E-state index in [1.54, 1.807) is 24.3 Å². The highest BCUT2D eigenvalue weighted by molar-refractivity contribution is 6.32. The molecule has 4 N–H and O–H groups in total. The van der Waals surface area contributed by atoms with Gasteiger partial charge in [0.1, 0.15) is 12.4 Å². The Kier molecular flexibility index (Phi) is 6.39. The van der Waals surface area contributed by atoms with E-state index < -0.39 is 11.6 Å². The molecule has 140 valence electrons.